The number of urea groups is 1. The molecular formula is C31H43N3O15. The van der Waals surface area contributed by atoms with E-state index in [-0.39, 0.29) is 6.42 Å². The Hall–Kier alpha value is -4.81. The van der Waals surface area contributed by atoms with Crippen molar-refractivity contribution in [2.45, 2.75) is 103 Å². The number of amides is 3. The molecule has 1 saturated heterocycles. The lowest BCUT2D eigenvalue weighted by Crippen LogP contribution is -2.64. The SMILES string of the molecule is CC(=O)OC[C@H]1O[C@@H](ONC(=O)NC[C@H](O)C(=O)N[C@@H](Cc2ccccc2)C(=O)OC(C)(C)C)[C@@H](OC(C)=O)[C@@H](OC(C)=O)[C@@H]1OC(C)=O. The minimum atomic E-state index is -1.84. The van der Waals surface area contributed by atoms with E-state index in [1.54, 1.807) is 51.1 Å². The van der Waals surface area contributed by atoms with Crippen LogP contribution < -0.4 is 16.1 Å². The maximum atomic E-state index is 12.8. The van der Waals surface area contributed by atoms with E-state index >= 15 is 0 Å². The number of hydrogen-bond acceptors (Lipinski definition) is 15. The summed E-state index contributed by atoms with van der Waals surface area (Å²) in [5, 5.41) is 15.1. The fourth-order valence-electron chi connectivity index (χ4n) is 4.40. The molecule has 49 heavy (non-hydrogen) atoms. The Kier molecular flexibility index (Phi) is 15.4. The number of aliphatic hydroxyl groups is 1. The summed E-state index contributed by atoms with van der Waals surface area (Å²) in [7, 11) is 0. The monoisotopic (exact) mass is 697 g/mol. The van der Waals surface area contributed by atoms with Crippen molar-refractivity contribution in [1.29, 1.82) is 0 Å². The standard InChI is InChI=1S/C31H43N3O15/c1-16(35)43-15-23-24(44-17(2)36)25(45-18(3)37)26(46-19(4)38)29(47-23)49-34-30(42)32-14-22(39)27(40)33-21(28(41)48-31(5,6)7)13-20-11-9-8-10-12-20/h8-12,21-26,29,39H,13-15H2,1-7H3,(H,33,40)(H2,32,34,42)/t21-,22-,23+,24+,25-,26-,29-/m0/s1. The van der Waals surface area contributed by atoms with Crippen LogP contribution in [0.3, 0.4) is 0 Å². The largest absolute Gasteiger partial charge is 0.463 e. The highest BCUT2D eigenvalue weighted by atomic mass is 16.8. The number of esters is 5. The number of hydroxylamine groups is 1. The highest BCUT2D eigenvalue weighted by molar-refractivity contribution is 5.87. The Morgan fingerprint density at radius 2 is 1.41 bits per heavy atom. The quantitative estimate of drug-likeness (QED) is 0.111. The predicted molar refractivity (Wildman–Crippen MR) is 164 cm³/mol. The first kappa shape index (κ1) is 40.4. The molecule has 0 spiro atoms. The third-order valence-corrected chi connectivity index (χ3v) is 6.27. The van der Waals surface area contributed by atoms with Gasteiger partial charge in [0.05, 0.1) is 6.54 Å². The molecule has 4 N–H and O–H groups in total. The summed E-state index contributed by atoms with van der Waals surface area (Å²) in [5.41, 5.74) is 1.80. The smallest absolute Gasteiger partial charge is 0.338 e. The van der Waals surface area contributed by atoms with Gasteiger partial charge in [0, 0.05) is 34.1 Å². The number of nitrogens with one attached hydrogen (secondary N) is 3. The summed E-state index contributed by atoms with van der Waals surface area (Å²) in [6.07, 6.45) is -9.45. The van der Waals surface area contributed by atoms with E-state index < -0.39 is 103 Å². The summed E-state index contributed by atoms with van der Waals surface area (Å²) >= 11 is 0. The summed E-state index contributed by atoms with van der Waals surface area (Å²) in [4.78, 5) is 90.7. The van der Waals surface area contributed by atoms with E-state index in [0.717, 1.165) is 27.7 Å². The van der Waals surface area contributed by atoms with Crippen LogP contribution in [0.25, 0.3) is 0 Å². The number of hydrogen-bond donors (Lipinski definition) is 4. The molecule has 0 unspecified atom stereocenters. The molecular weight excluding hydrogens is 654 g/mol. The Morgan fingerprint density at radius 1 is 0.837 bits per heavy atom. The Morgan fingerprint density at radius 3 is 1.96 bits per heavy atom. The van der Waals surface area contributed by atoms with Crippen LogP contribution in [0.15, 0.2) is 30.3 Å². The fourth-order valence-corrected chi connectivity index (χ4v) is 4.40. The zero-order chi connectivity index (χ0) is 36.9. The van der Waals surface area contributed by atoms with Crippen molar-refractivity contribution in [2.75, 3.05) is 13.2 Å². The lowest BCUT2D eigenvalue weighted by atomic mass is 9.98. The van der Waals surface area contributed by atoms with E-state index in [4.69, 9.17) is 33.3 Å². The minimum Gasteiger partial charge on any atom is -0.463 e. The van der Waals surface area contributed by atoms with Gasteiger partial charge in [-0.1, -0.05) is 30.3 Å². The molecule has 1 aliphatic heterocycles. The zero-order valence-electron chi connectivity index (χ0n) is 28.2. The average Bonchev–Trinajstić information content (AvgIpc) is 2.98. The first-order valence-electron chi connectivity index (χ1n) is 15.1. The normalized spacial score (nSPS) is 21.5. The zero-order valence-corrected chi connectivity index (χ0v) is 28.2. The van der Waals surface area contributed by atoms with Gasteiger partial charge in [0.15, 0.2) is 18.3 Å². The minimum absolute atomic E-state index is 0.0615. The second-order valence-electron chi connectivity index (χ2n) is 11.8. The van der Waals surface area contributed by atoms with Crippen molar-refractivity contribution in [3.63, 3.8) is 0 Å². The highest BCUT2D eigenvalue weighted by Crippen LogP contribution is 2.29. The van der Waals surface area contributed by atoms with Crippen molar-refractivity contribution < 1.29 is 71.9 Å². The van der Waals surface area contributed by atoms with E-state index in [9.17, 15) is 38.7 Å². The van der Waals surface area contributed by atoms with Crippen LogP contribution in [0.4, 0.5) is 4.79 Å². The van der Waals surface area contributed by atoms with Gasteiger partial charge in [0.1, 0.15) is 30.5 Å². The second-order valence-corrected chi connectivity index (χ2v) is 11.8. The van der Waals surface area contributed by atoms with E-state index in [0.29, 0.717) is 5.56 Å². The predicted octanol–water partition coefficient (Wildman–Crippen LogP) is -0.270. The van der Waals surface area contributed by atoms with Gasteiger partial charge >= 0.3 is 35.9 Å². The molecule has 0 bridgehead atoms. The van der Waals surface area contributed by atoms with Crippen LogP contribution in [0.5, 0.6) is 0 Å². The molecule has 3 amide bonds. The van der Waals surface area contributed by atoms with E-state index in [1.165, 1.54) is 0 Å². The number of carbonyl (C=O) groups excluding carboxylic acids is 7. The van der Waals surface area contributed by atoms with Crippen LogP contribution >= 0.6 is 0 Å². The highest BCUT2D eigenvalue weighted by Gasteiger charge is 2.53. The molecule has 0 aromatic heterocycles. The van der Waals surface area contributed by atoms with Crippen molar-refractivity contribution in [3.8, 4) is 0 Å². The van der Waals surface area contributed by atoms with Crippen LogP contribution in [0.2, 0.25) is 0 Å². The third kappa shape index (κ3) is 14.5. The number of aliphatic hydroxyl groups excluding tert-OH is 1. The third-order valence-electron chi connectivity index (χ3n) is 6.27. The van der Waals surface area contributed by atoms with Gasteiger partial charge in [0.2, 0.25) is 6.29 Å². The summed E-state index contributed by atoms with van der Waals surface area (Å²) in [6.45, 7) is 8.00. The first-order valence-corrected chi connectivity index (χ1v) is 15.1. The number of rotatable bonds is 14. The van der Waals surface area contributed by atoms with Crippen molar-refractivity contribution in [3.05, 3.63) is 35.9 Å². The molecule has 1 aromatic rings. The van der Waals surface area contributed by atoms with Crippen LogP contribution in [0.1, 0.15) is 54.0 Å². The molecule has 272 valence electrons. The Bertz CT molecular complexity index is 1330. The Labute approximate surface area is 282 Å². The van der Waals surface area contributed by atoms with Gasteiger partial charge in [-0.15, -0.1) is 0 Å². The van der Waals surface area contributed by atoms with Gasteiger partial charge in [0.25, 0.3) is 5.91 Å². The van der Waals surface area contributed by atoms with Crippen molar-refractivity contribution in [1.82, 2.24) is 16.1 Å². The van der Waals surface area contributed by atoms with Crippen LogP contribution in [-0.2, 0) is 68.4 Å². The van der Waals surface area contributed by atoms with Gasteiger partial charge < -0.3 is 44.2 Å². The van der Waals surface area contributed by atoms with Crippen LogP contribution in [-0.4, -0.2) is 108 Å². The van der Waals surface area contributed by atoms with Crippen molar-refractivity contribution in [2.24, 2.45) is 0 Å². The molecule has 18 heteroatoms. The van der Waals surface area contributed by atoms with Gasteiger partial charge in [-0.05, 0) is 26.3 Å². The molecule has 1 heterocycles. The molecule has 1 aromatic carbocycles. The maximum Gasteiger partial charge on any atom is 0.338 e. The number of carbonyl (C=O) groups is 7. The maximum absolute atomic E-state index is 12.8. The molecule has 7 atom stereocenters. The summed E-state index contributed by atoms with van der Waals surface area (Å²) in [6, 6.07) is 6.50. The molecule has 18 nitrogen and oxygen atoms in total. The molecule has 0 radical (unpaired) electrons. The molecule has 1 fully saturated rings. The molecule has 0 aliphatic carbocycles. The number of benzene rings is 1. The molecule has 2 rings (SSSR count). The fraction of sp³-hybridized carbons (Fsp3) is 0.581. The lowest BCUT2D eigenvalue weighted by molar-refractivity contribution is -0.316. The van der Waals surface area contributed by atoms with Crippen LogP contribution in [0, 0.1) is 0 Å². The van der Waals surface area contributed by atoms with Crippen molar-refractivity contribution >= 4 is 41.8 Å². The summed E-state index contributed by atoms with van der Waals surface area (Å²) in [5.74, 6) is -5.06. The second kappa shape index (κ2) is 18.7. The van der Waals surface area contributed by atoms with Gasteiger partial charge in [-0.3, -0.25) is 24.0 Å². The van der Waals surface area contributed by atoms with Gasteiger partial charge in [-0.2, -0.15) is 0 Å². The van der Waals surface area contributed by atoms with E-state index in [2.05, 4.69) is 10.6 Å². The Balaban J connectivity index is 2.12. The topological polar surface area (TPSA) is 240 Å². The summed E-state index contributed by atoms with van der Waals surface area (Å²) < 4.78 is 31.8. The molecule has 0 saturated carbocycles. The van der Waals surface area contributed by atoms with E-state index in [1.807, 2.05) is 5.48 Å². The average molecular weight is 698 g/mol. The lowest BCUT2D eigenvalue weighted by Gasteiger charge is -2.43. The number of ether oxygens (including phenoxy) is 6. The first-order chi connectivity index (χ1) is 22.9. The molecule has 1 aliphatic rings. The van der Waals surface area contributed by atoms with Gasteiger partial charge in [-0.25, -0.2) is 19.9 Å².